The highest BCUT2D eigenvalue weighted by molar-refractivity contribution is 7.81. The Balaban J connectivity index is 3.67. The van der Waals surface area contributed by atoms with E-state index in [-0.39, 0.29) is 17.1 Å². The van der Waals surface area contributed by atoms with Gasteiger partial charge in [-0.15, -0.1) is 0 Å². The fourth-order valence-electron chi connectivity index (χ4n) is 0.861. The predicted octanol–water partition coefficient (Wildman–Crippen LogP) is 1.10. The van der Waals surface area contributed by atoms with Gasteiger partial charge < -0.3 is 10.1 Å². The van der Waals surface area contributed by atoms with E-state index in [1.807, 2.05) is 0 Å². The molecule has 1 N–H and O–H groups in total. The van der Waals surface area contributed by atoms with Gasteiger partial charge in [0.25, 0.3) is 0 Å². The number of thiol groups is 1. The third-order valence-electron chi connectivity index (χ3n) is 1.89. The number of hydrogen-bond acceptors (Lipinski definition) is 3. The molecule has 0 radical (unpaired) electrons. The molecule has 0 aliphatic carbocycles. The number of nitrogens with one attached hydrogen (secondary N) is 1. The molecular weight excluding hydrogens is 186 g/mol. The van der Waals surface area contributed by atoms with E-state index in [4.69, 9.17) is 4.74 Å². The van der Waals surface area contributed by atoms with Crippen molar-refractivity contribution in [2.24, 2.45) is 5.41 Å². The third-order valence-corrected chi connectivity index (χ3v) is 2.18. The second-order valence-corrected chi connectivity index (χ2v) is 4.16. The molecule has 0 unspecified atom stereocenters. The minimum absolute atomic E-state index is 0.0196. The molecule has 4 heteroatoms. The number of rotatable bonds is 6. The molecule has 0 bridgehead atoms. The van der Waals surface area contributed by atoms with Crippen LogP contribution in [0.15, 0.2) is 0 Å². The first-order valence-corrected chi connectivity index (χ1v) is 5.01. The van der Waals surface area contributed by atoms with Gasteiger partial charge in [0.2, 0.25) is 5.91 Å². The number of carbonyl (C=O) groups excluding carboxylic acids is 1. The average molecular weight is 205 g/mol. The first kappa shape index (κ1) is 12.8. The second kappa shape index (κ2) is 6.27. The van der Waals surface area contributed by atoms with Crippen LogP contribution in [0.25, 0.3) is 0 Å². The zero-order valence-electron chi connectivity index (χ0n) is 8.59. The number of methoxy groups -OCH3 is 1. The van der Waals surface area contributed by atoms with Gasteiger partial charge in [-0.3, -0.25) is 4.79 Å². The molecule has 0 rings (SSSR count). The highest BCUT2D eigenvalue weighted by Gasteiger charge is 2.17. The van der Waals surface area contributed by atoms with Gasteiger partial charge in [0.1, 0.15) is 0 Å². The minimum Gasteiger partial charge on any atom is -0.385 e. The van der Waals surface area contributed by atoms with Crippen molar-refractivity contribution in [2.45, 2.75) is 20.3 Å². The smallest absolute Gasteiger partial charge is 0.229 e. The Kier molecular flexibility index (Phi) is 6.16. The molecule has 0 aliphatic rings. The van der Waals surface area contributed by atoms with Crippen LogP contribution in [0.1, 0.15) is 20.3 Å². The van der Waals surface area contributed by atoms with E-state index in [2.05, 4.69) is 31.8 Å². The third kappa shape index (κ3) is 6.90. The quantitative estimate of drug-likeness (QED) is 0.637. The van der Waals surface area contributed by atoms with Gasteiger partial charge in [0.05, 0.1) is 5.75 Å². The van der Waals surface area contributed by atoms with Crippen molar-refractivity contribution >= 4 is 18.5 Å². The lowest BCUT2D eigenvalue weighted by Crippen LogP contribution is -2.35. The summed E-state index contributed by atoms with van der Waals surface area (Å²) in [5, 5.41) is 2.81. The van der Waals surface area contributed by atoms with E-state index in [0.29, 0.717) is 6.54 Å². The maximum atomic E-state index is 10.9. The summed E-state index contributed by atoms with van der Waals surface area (Å²) in [5.74, 6) is 0.231. The molecule has 0 aromatic carbocycles. The fraction of sp³-hybridized carbons (Fsp3) is 0.889. The molecule has 78 valence electrons. The van der Waals surface area contributed by atoms with Gasteiger partial charge >= 0.3 is 0 Å². The van der Waals surface area contributed by atoms with E-state index in [1.165, 1.54) is 0 Å². The molecule has 0 aromatic heterocycles. The van der Waals surface area contributed by atoms with E-state index >= 15 is 0 Å². The summed E-state index contributed by atoms with van der Waals surface area (Å²) >= 11 is 3.88. The van der Waals surface area contributed by atoms with Crippen LogP contribution in [-0.2, 0) is 9.53 Å². The lowest BCUT2D eigenvalue weighted by molar-refractivity contribution is -0.119. The normalized spacial score (nSPS) is 11.4. The van der Waals surface area contributed by atoms with Crippen molar-refractivity contribution in [1.82, 2.24) is 5.32 Å². The molecular formula is C9H19NO2S. The standard InChI is InChI=1S/C9H19NO2S/c1-9(2,4-5-12-3)7-10-8(11)6-13/h13H,4-7H2,1-3H3,(H,10,11). The summed E-state index contributed by atoms with van der Waals surface area (Å²) < 4.78 is 4.98. The lowest BCUT2D eigenvalue weighted by atomic mass is 9.90. The molecule has 13 heavy (non-hydrogen) atoms. The van der Waals surface area contributed by atoms with Crippen molar-refractivity contribution < 1.29 is 9.53 Å². The summed E-state index contributed by atoms with van der Waals surface area (Å²) in [6.07, 6.45) is 0.941. The van der Waals surface area contributed by atoms with Crippen LogP contribution in [0, 0.1) is 5.41 Å². The SMILES string of the molecule is COCCC(C)(C)CNC(=O)CS. The molecule has 3 nitrogen and oxygen atoms in total. The van der Waals surface area contributed by atoms with Crippen LogP contribution in [0.3, 0.4) is 0 Å². The van der Waals surface area contributed by atoms with E-state index in [9.17, 15) is 4.79 Å². The van der Waals surface area contributed by atoms with Gasteiger partial charge in [-0.1, -0.05) is 13.8 Å². The summed E-state index contributed by atoms with van der Waals surface area (Å²) in [6, 6.07) is 0. The Morgan fingerprint density at radius 3 is 2.62 bits per heavy atom. The minimum atomic E-state index is -0.0196. The van der Waals surface area contributed by atoms with Crippen LogP contribution >= 0.6 is 12.6 Å². The molecule has 0 aliphatic heterocycles. The van der Waals surface area contributed by atoms with Gasteiger partial charge in [0, 0.05) is 20.3 Å². The zero-order valence-corrected chi connectivity index (χ0v) is 9.49. The fourth-order valence-corrected chi connectivity index (χ4v) is 0.972. The van der Waals surface area contributed by atoms with Gasteiger partial charge in [-0.2, -0.15) is 12.6 Å². The maximum absolute atomic E-state index is 10.9. The highest BCUT2D eigenvalue weighted by Crippen LogP contribution is 2.18. The van der Waals surface area contributed by atoms with Crippen LogP contribution in [-0.4, -0.2) is 31.9 Å². The monoisotopic (exact) mass is 205 g/mol. The van der Waals surface area contributed by atoms with Crippen molar-refractivity contribution in [2.75, 3.05) is 26.0 Å². The van der Waals surface area contributed by atoms with E-state index < -0.39 is 0 Å². The summed E-state index contributed by atoms with van der Waals surface area (Å²) in [5.41, 5.74) is 0.0919. The molecule has 0 saturated carbocycles. The zero-order chi connectivity index (χ0) is 10.3. The van der Waals surface area contributed by atoms with Gasteiger partial charge in [0.15, 0.2) is 0 Å². The lowest BCUT2D eigenvalue weighted by Gasteiger charge is -2.24. The summed E-state index contributed by atoms with van der Waals surface area (Å²) in [6.45, 7) is 5.61. The number of amides is 1. The number of hydrogen-bond donors (Lipinski definition) is 2. The predicted molar refractivity (Wildman–Crippen MR) is 57.1 cm³/mol. The molecule has 0 aromatic rings. The van der Waals surface area contributed by atoms with E-state index in [0.717, 1.165) is 13.0 Å². The van der Waals surface area contributed by atoms with Gasteiger partial charge in [-0.25, -0.2) is 0 Å². The van der Waals surface area contributed by atoms with Crippen molar-refractivity contribution in [3.05, 3.63) is 0 Å². The Bertz CT molecular complexity index is 160. The van der Waals surface area contributed by atoms with E-state index in [1.54, 1.807) is 7.11 Å². The van der Waals surface area contributed by atoms with Crippen LogP contribution < -0.4 is 5.32 Å². The maximum Gasteiger partial charge on any atom is 0.229 e. The molecule has 1 amide bonds. The van der Waals surface area contributed by atoms with Crippen molar-refractivity contribution in [1.29, 1.82) is 0 Å². The topological polar surface area (TPSA) is 38.3 Å². The average Bonchev–Trinajstić information content (AvgIpc) is 2.11. The Morgan fingerprint density at radius 2 is 2.15 bits per heavy atom. The van der Waals surface area contributed by atoms with Crippen LogP contribution in [0.4, 0.5) is 0 Å². The van der Waals surface area contributed by atoms with Crippen molar-refractivity contribution in [3.8, 4) is 0 Å². The van der Waals surface area contributed by atoms with Crippen LogP contribution in [0.5, 0.6) is 0 Å². The Labute approximate surface area is 85.6 Å². The second-order valence-electron chi connectivity index (χ2n) is 3.84. The highest BCUT2D eigenvalue weighted by atomic mass is 32.1. The molecule has 0 saturated heterocycles. The summed E-state index contributed by atoms with van der Waals surface area (Å²) in [4.78, 5) is 10.9. The van der Waals surface area contributed by atoms with Gasteiger partial charge in [-0.05, 0) is 11.8 Å². The number of ether oxygens (including phenoxy) is 1. The first-order chi connectivity index (χ1) is 6.02. The first-order valence-electron chi connectivity index (χ1n) is 4.38. The van der Waals surface area contributed by atoms with Crippen LogP contribution in [0.2, 0.25) is 0 Å². The Morgan fingerprint density at radius 1 is 1.54 bits per heavy atom. The largest absolute Gasteiger partial charge is 0.385 e. The molecule has 0 heterocycles. The molecule has 0 fully saturated rings. The Hall–Kier alpha value is -0.220. The summed E-state index contributed by atoms with van der Waals surface area (Å²) in [7, 11) is 1.68. The number of carbonyl (C=O) groups is 1. The molecule has 0 spiro atoms. The van der Waals surface area contributed by atoms with Crippen molar-refractivity contribution in [3.63, 3.8) is 0 Å². The molecule has 0 atom stereocenters.